The Hall–Kier alpha value is -1.09. The van der Waals surface area contributed by atoms with Gasteiger partial charge >= 0.3 is 0 Å². The van der Waals surface area contributed by atoms with Gasteiger partial charge in [-0.15, -0.1) is 0 Å². The van der Waals surface area contributed by atoms with Gasteiger partial charge in [-0.05, 0) is 18.6 Å². The number of aliphatic hydroxyl groups is 1. The fraction of sp³-hybridized carbons (Fsp3) is 0.462. The summed E-state index contributed by atoms with van der Waals surface area (Å²) < 4.78 is 40.2. The number of nitrogens with zero attached hydrogens (tertiary/aromatic N) is 1. The number of sulfonamides is 1. The molecule has 0 bridgehead atoms. The Balaban J connectivity index is 3.34. The second-order valence-electron chi connectivity index (χ2n) is 4.46. The van der Waals surface area contributed by atoms with E-state index in [9.17, 15) is 12.8 Å². The average molecular weight is 334 g/mol. The van der Waals surface area contributed by atoms with Crippen LogP contribution in [0.1, 0.15) is 25.3 Å². The third kappa shape index (κ3) is 4.19. The lowest BCUT2D eigenvalue weighted by atomic mass is 10.2. The first-order valence-corrected chi connectivity index (χ1v) is 8.40. The zero-order valence-corrected chi connectivity index (χ0v) is 13.4. The molecule has 1 aromatic carbocycles. The first-order chi connectivity index (χ1) is 9.86. The molecule has 0 saturated carbocycles. The highest BCUT2D eigenvalue weighted by molar-refractivity contribution is 7.89. The van der Waals surface area contributed by atoms with Gasteiger partial charge < -0.3 is 10.8 Å². The van der Waals surface area contributed by atoms with Crippen LogP contribution in [-0.2, 0) is 10.0 Å². The van der Waals surface area contributed by atoms with Gasteiger partial charge in [0.15, 0.2) is 0 Å². The number of nitrogens with two attached hydrogens (primary N) is 1. The van der Waals surface area contributed by atoms with Gasteiger partial charge in [0, 0.05) is 13.1 Å². The van der Waals surface area contributed by atoms with E-state index in [0.29, 0.717) is 6.42 Å². The van der Waals surface area contributed by atoms with E-state index < -0.39 is 15.8 Å². The van der Waals surface area contributed by atoms with Gasteiger partial charge in [-0.1, -0.05) is 31.6 Å². The van der Waals surface area contributed by atoms with Crippen molar-refractivity contribution in [3.63, 3.8) is 0 Å². The van der Waals surface area contributed by atoms with Gasteiger partial charge in [0.25, 0.3) is 0 Å². The number of rotatable bonds is 8. The minimum atomic E-state index is -3.97. The molecule has 0 aliphatic heterocycles. The van der Waals surface area contributed by atoms with Crippen LogP contribution >= 0.6 is 12.2 Å². The fourth-order valence-electron chi connectivity index (χ4n) is 1.90. The zero-order chi connectivity index (χ0) is 16.0. The van der Waals surface area contributed by atoms with Gasteiger partial charge in [-0.2, -0.15) is 4.31 Å². The van der Waals surface area contributed by atoms with Crippen LogP contribution in [0.15, 0.2) is 23.1 Å². The molecule has 0 spiro atoms. The Labute approximate surface area is 129 Å². The van der Waals surface area contributed by atoms with Gasteiger partial charge in [0.1, 0.15) is 10.8 Å². The monoisotopic (exact) mass is 334 g/mol. The van der Waals surface area contributed by atoms with Crippen LogP contribution in [0.5, 0.6) is 0 Å². The zero-order valence-electron chi connectivity index (χ0n) is 11.8. The van der Waals surface area contributed by atoms with Crippen LogP contribution in [0.25, 0.3) is 0 Å². The Kier molecular flexibility index (Phi) is 6.66. The average Bonchev–Trinajstić information content (AvgIpc) is 2.42. The molecule has 0 heterocycles. The molecule has 3 N–H and O–H groups in total. The number of hydrogen-bond donors (Lipinski definition) is 2. The summed E-state index contributed by atoms with van der Waals surface area (Å²) in [6, 6.07) is 3.67. The minimum absolute atomic E-state index is 0.0599. The summed E-state index contributed by atoms with van der Waals surface area (Å²) in [5.41, 5.74) is 5.16. The number of halogens is 1. The Morgan fingerprint density at radius 2 is 2.10 bits per heavy atom. The van der Waals surface area contributed by atoms with Crippen LogP contribution in [0.3, 0.4) is 0 Å². The molecule has 1 aromatic rings. The van der Waals surface area contributed by atoms with E-state index in [1.807, 2.05) is 6.92 Å². The minimum Gasteiger partial charge on any atom is -0.395 e. The summed E-state index contributed by atoms with van der Waals surface area (Å²) in [6.07, 6.45) is 1.43. The summed E-state index contributed by atoms with van der Waals surface area (Å²) in [7, 11) is -3.97. The van der Waals surface area contributed by atoms with Crippen molar-refractivity contribution in [1.29, 1.82) is 0 Å². The molecular formula is C13H19FN2O3S2. The topological polar surface area (TPSA) is 83.6 Å². The molecule has 8 heteroatoms. The van der Waals surface area contributed by atoms with Crippen molar-refractivity contribution in [2.45, 2.75) is 24.7 Å². The highest BCUT2D eigenvalue weighted by atomic mass is 32.2. The van der Waals surface area contributed by atoms with E-state index in [-0.39, 0.29) is 35.1 Å². The molecule has 0 atom stereocenters. The van der Waals surface area contributed by atoms with Crippen molar-refractivity contribution >= 4 is 27.2 Å². The number of benzene rings is 1. The van der Waals surface area contributed by atoms with Crippen molar-refractivity contribution in [3.8, 4) is 0 Å². The molecule has 0 aliphatic carbocycles. The Bertz CT molecular complexity index is 605. The number of unbranched alkanes of at least 4 members (excludes halogenated alkanes) is 1. The van der Waals surface area contributed by atoms with E-state index >= 15 is 0 Å². The molecule has 0 aliphatic rings. The van der Waals surface area contributed by atoms with Crippen LogP contribution < -0.4 is 5.73 Å². The Morgan fingerprint density at radius 3 is 2.62 bits per heavy atom. The fourth-order valence-corrected chi connectivity index (χ4v) is 3.85. The number of hydrogen-bond acceptors (Lipinski definition) is 4. The first-order valence-electron chi connectivity index (χ1n) is 6.55. The molecule has 1 rings (SSSR count). The van der Waals surface area contributed by atoms with Crippen LogP contribution in [-0.4, -0.2) is 42.5 Å². The largest absolute Gasteiger partial charge is 0.395 e. The van der Waals surface area contributed by atoms with Gasteiger partial charge in [-0.25, -0.2) is 12.8 Å². The van der Waals surface area contributed by atoms with Gasteiger partial charge in [0.05, 0.1) is 17.1 Å². The van der Waals surface area contributed by atoms with Crippen molar-refractivity contribution in [2.24, 2.45) is 5.73 Å². The van der Waals surface area contributed by atoms with Crippen molar-refractivity contribution < 1.29 is 17.9 Å². The molecule has 0 saturated heterocycles. The van der Waals surface area contributed by atoms with Crippen molar-refractivity contribution in [2.75, 3.05) is 19.7 Å². The number of aliphatic hydroxyl groups excluding tert-OH is 1. The maximum absolute atomic E-state index is 13.8. The van der Waals surface area contributed by atoms with Crippen molar-refractivity contribution in [1.82, 2.24) is 4.31 Å². The first kappa shape index (κ1) is 18.0. The second kappa shape index (κ2) is 7.79. The molecule has 0 radical (unpaired) electrons. The van der Waals surface area contributed by atoms with E-state index in [1.54, 1.807) is 0 Å². The third-order valence-electron chi connectivity index (χ3n) is 2.95. The SMILES string of the molecule is CCCCN(CCO)S(=O)(=O)c1cccc(F)c1C(N)=S. The van der Waals surface area contributed by atoms with E-state index in [4.69, 9.17) is 23.1 Å². The maximum Gasteiger partial charge on any atom is 0.243 e. The normalized spacial score (nSPS) is 11.8. The molecule has 21 heavy (non-hydrogen) atoms. The van der Waals surface area contributed by atoms with Crippen LogP contribution in [0.2, 0.25) is 0 Å². The molecule has 118 valence electrons. The standard InChI is InChI=1S/C13H19FN2O3S2/c1-2-3-7-16(8-9-17)21(18,19)11-6-4-5-10(14)12(11)13(15)20/h4-6,17H,2-3,7-9H2,1H3,(H2,15,20). The van der Waals surface area contributed by atoms with Gasteiger partial charge in [0.2, 0.25) is 10.0 Å². The highest BCUT2D eigenvalue weighted by Gasteiger charge is 2.28. The van der Waals surface area contributed by atoms with E-state index in [0.717, 1.165) is 16.8 Å². The lowest BCUT2D eigenvalue weighted by Crippen LogP contribution is -2.35. The lowest BCUT2D eigenvalue weighted by molar-refractivity contribution is 0.252. The van der Waals surface area contributed by atoms with Gasteiger partial charge in [-0.3, -0.25) is 0 Å². The summed E-state index contributed by atoms with van der Waals surface area (Å²) >= 11 is 4.75. The molecule has 0 aromatic heterocycles. The summed E-state index contributed by atoms with van der Waals surface area (Å²) in [6.45, 7) is 1.79. The quantitative estimate of drug-likeness (QED) is 0.699. The smallest absolute Gasteiger partial charge is 0.243 e. The molecule has 5 nitrogen and oxygen atoms in total. The third-order valence-corrected chi connectivity index (χ3v) is 5.10. The van der Waals surface area contributed by atoms with Crippen LogP contribution in [0.4, 0.5) is 4.39 Å². The summed E-state index contributed by atoms with van der Waals surface area (Å²) in [5.74, 6) is -0.775. The molecular weight excluding hydrogens is 315 g/mol. The highest BCUT2D eigenvalue weighted by Crippen LogP contribution is 2.23. The van der Waals surface area contributed by atoms with Crippen molar-refractivity contribution in [3.05, 3.63) is 29.6 Å². The molecule has 0 fully saturated rings. The Morgan fingerprint density at radius 1 is 1.43 bits per heavy atom. The summed E-state index contributed by atoms with van der Waals surface area (Å²) in [5, 5.41) is 9.05. The van der Waals surface area contributed by atoms with E-state index in [1.165, 1.54) is 12.1 Å². The maximum atomic E-state index is 13.8. The molecule has 0 amide bonds. The van der Waals surface area contributed by atoms with E-state index in [2.05, 4.69) is 0 Å². The second-order valence-corrected chi connectivity index (χ2v) is 6.80. The predicted molar refractivity (Wildman–Crippen MR) is 83.0 cm³/mol. The molecule has 0 unspecified atom stereocenters. The lowest BCUT2D eigenvalue weighted by Gasteiger charge is -2.22. The van der Waals surface area contributed by atoms with Crippen LogP contribution in [0, 0.1) is 5.82 Å². The summed E-state index contributed by atoms with van der Waals surface area (Å²) in [4.78, 5) is -0.578. The predicted octanol–water partition coefficient (Wildman–Crippen LogP) is 1.24. The number of thiocarbonyl (C=S) groups is 1.